The van der Waals surface area contributed by atoms with E-state index in [1.54, 1.807) is 5.38 Å². The minimum absolute atomic E-state index is 0.000684. The first-order valence-electron chi connectivity index (χ1n) is 7.04. The summed E-state index contributed by atoms with van der Waals surface area (Å²) in [6.07, 6.45) is 7.30. The number of thiazole rings is 1. The van der Waals surface area contributed by atoms with Crippen LogP contribution in [0, 0.1) is 12.3 Å². The molecule has 0 spiro atoms. The summed E-state index contributed by atoms with van der Waals surface area (Å²) in [5.74, 6) is 3.02. The summed E-state index contributed by atoms with van der Waals surface area (Å²) in [4.78, 5) is 18.4. The van der Waals surface area contributed by atoms with Gasteiger partial charge in [-0.15, -0.1) is 17.8 Å². The summed E-state index contributed by atoms with van der Waals surface area (Å²) in [6, 6.07) is 10.5. The van der Waals surface area contributed by atoms with Gasteiger partial charge in [-0.25, -0.2) is 4.98 Å². The van der Waals surface area contributed by atoms with Crippen molar-refractivity contribution in [3.63, 3.8) is 0 Å². The van der Waals surface area contributed by atoms with Crippen LogP contribution in [-0.2, 0) is 0 Å². The third-order valence-electron chi connectivity index (χ3n) is 3.90. The van der Waals surface area contributed by atoms with Crippen LogP contribution >= 0.6 is 11.3 Å². The van der Waals surface area contributed by atoms with E-state index in [1.807, 2.05) is 11.0 Å². The molecule has 1 saturated heterocycles. The molecule has 0 saturated carbocycles. The van der Waals surface area contributed by atoms with Gasteiger partial charge in [0, 0.05) is 18.5 Å². The van der Waals surface area contributed by atoms with Crippen molar-refractivity contribution in [3.8, 4) is 12.3 Å². The van der Waals surface area contributed by atoms with Crippen LogP contribution in [0.25, 0.3) is 0 Å². The summed E-state index contributed by atoms with van der Waals surface area (Å²) in [5.41, 5.74) is 1.85. The van der Waals surface area contributed by atoms with Crippen molar-refractivity contribution in [2.75, 3.05) is 13.1 Å². The average Bonchev–Trinajstić information content (AvgIpc) is 3.04. The minimum Gasteiger partial charge on any atom is -0.337 e. The monoisotopic (exact) mass is 296 g/mol. The molecule has 106 valence electrons. The second-order valence-corrected chi connectivity index (χ2v) is 6.02. The molecule has 1 aromatic heterocycles. The highest BCUT2D eigenvalue weighted by Gasteiger charge is 2.25. The first-order valence-corrected chi connectivity index (χ1v) is 7.92. The molecule has 1 amide bonds. The van der Waals surface area contributed by atoms with Crippen LogP contribution in [0.1, 0.15) is 39.8 Å². The lowest BCUT2D eigenvalue weighted by Gasteiger charge is -2.31. The maximum Gasteiger partial charge on any atom is 0.273 e. The van der Waals surface area contributed by atoms with Crippen molar-refractivity contribution in [1.82, 2.24) is 9.88 Å². The van der Waals surface area contributed by atoms with Gasteiger partial charge in [0.25, 0.3) is 5.91 Å². The van der Waals surface area contributed by atoms with E-state index in [0.717, 1.165) is 25.9 Å². The fourth-order valence-electron chi connectivity index (χ4n) is 2.74. The lowest BCUT2D eigenvalue weighted by molar-refractivity contribution is 0.0708. The largest absolute Gasteiger partial charge is 0.337 e. The highest BCUT2D eigenvalue weighted by molar-refractivity contribution is 7.10. The zero-order chi connectivity index (χ0) is 14.7. The van der Waals surface area contributed by atoms with Gasteiger partial charge in [-0.05, 0) is 30.2 Å². The van der Waals surface area contributed by atoms with Gasteiger partial charge < -0.3 is 4.90 Å². The molecule has 0 atom stereocenters. The molecule has 1 aromatic carbocycles. The third kappa shape index (κ3) is 2.98. The number of benzene rings is 1. The molecule has 1 aliphatic rings. The van der Waals surface area contributed by atoms with E-state index >= 15 is 0 Å². The Labute approximate surface area is 128 Å². The van der Waals surface area contributed by atoms with E-state index in [9.17, 15) is 4.79 Å². The molecule has 2 aromatic rings. The van der Waals surface area contributed by atoms with Gasteiger partial charge in [-0.1, -0.05) is 30.3 Å². The standard InChI is InChI=1S/C17H16N2OS/c1-2-16-18-15(12-21-16)17(20)19-10-8-14(9-11-19)13-6-4-3-5-7-13/h1,3-7,12,14H,8-11H2. The Bertz CT molecular complexity index is 664. The Hall–Kier alpha value is -2.12. The van der Waals surface area contributed by atoms with Crippen LogP contribution in [0.3, 0.4) is 0 Å². The Balaban J connectivity index is 1.63. The van der Waals surface area contributed by atoms with E-state index in [4.69, 9.17) is 6.42 Å². The molecule has 0 N–H and O–H groups in total. The van der Waals surface area contributed by atoms with E-state index in [1.165, 1.54) is 16.9 Å². The number of piperidine rings is 1. The summed E-state index contributed by atoms with van der Waals surface area (Å²) < 4.78 is 0. The van der Waals surface area contributed by atoms with Crippen LogP contribution in [0.2, 0.25) is 0 Å². The van der Waals surface area contributed by atoms with E-state index in [-0.39, 0.29) is 5.91 Å². The van der Waals surface area contributed by atoms with Crippen LogP contribution in [0.5, 0.6) is 0 Å². The molecular formula is C17H16N2OS. The van der Waals surface area contributed by atoms with Gasteiger partial charge in [0.05, 0.1) is 0 Å². The quantitative estimate of drug-likeness (QED) is 0.798. The van der Waals surface area contributed by atoms with Crippen molar-refractivity contribution in [2.45, 2.75) is 18.8 Å². The second kappa shape index (κ2) is 6.11. The van der Waals surface area contributed by atoms with Crippen molar-refractivity contribution in [3.05, 3.63) is 52.0 Å². The van der Waals surface area contributed by atoms with Crippen molar-refractivity contribution in [2.24, 2.45) is 0 Å². The Morgan fingerprint density at radius 2 is 2.00 bits per heavy atom. The molecular weight excluding hydrogens is 280 g/mol. The number of hydrogen-bond acceptors (Lipinski definition) is 3. The highest BCUT2D eigenvalue weighted by atomic mass is 32.1. The molecule has 0 radical (unpaired) electrons. The molecule has 3 nitrogen and oxygen atoms in total. The van der Waals surface area contributed by atoms with Gasteiger partial charge in [0.1, 0.15) is 5.69 Å². The Kier molecular flexibility index (Phi) is 4.03. The zero-order valence-electron chi connectivity index (χ0n) is 11.7. The first-order chi connectivity index (χ1) is 10.3. The Morgan fingerprint density at radius 3 is 2.62 bits per heavy atom. The number of terminal acetylenes is 1. The highest BCUT2D eigenvalue weighted by Crippen LogP contribution is 2.28. The predicted octanol–water partition coefficient (Wildman–Crippen LogP) is 3.14. The summed E-state index contributed by atoms with van der Waals surface area (Å²) in [5, 5.41) is 2.32. The molecule has 4 heteroatoms. The fourth-order valence-corrected chi connectivity index (χ4v) is 3.34. The molecule has 1 fully saturated rings. The first kappa shape index (κ1) is 13.8. The lowest BCUT2D eigenvalue weighted by Crippen LogP contribution is -2.38. The number of hydrogen-bond donors (Lipinski definition) is 0. The van der Waals surface area contributed by atoms with Gasteiger partial charge in [-0.3, -0.25) is 4.79 Å². The topological polar surface area (TPSA) is 33.2 Å². The number of nitrogens with zero attached hydrogens (tertiary/aromatic N) is 2. The molecule has 0 aliphatic carbocycles. The van der Waals surface area contributed by atoms with Crippen LogP contribution in [-0.4, -0.2) is 28.9 Å². The minimum atomic E-state index is -0.000684. The maximum atomic E-state index is 12.4. The number of carbonyl (C=O) groups is 1. The normalized spacial score (nSPS) is 15.7. The lowest BCUT2D eigenvalue weighted by atomic mass is 9.89. The summed E-state index contributed by atoms with van der Waals surface area (Å²) >= 11 is 1.34. The van der Waals surface area contributed by atoms with Crippen LogP contribution in [0.4, 0.5) is 0 Å². The number of likely N-dealkylation sites (tertiary alicyclic amines) is 1. The van der Waals surface area contributed by atoms with Gasteiger partial charge in [0.2, 0.25) is 0 Å². The zero-order valence-corrected chi connectivity index (χ0v) is 12.5. The van der Waals surface area contributed by atoms with Crippen LogP contribution in [0.15, 0.2) is 35.7 Å². The van der Waals surface area contributed by atoms with E-state index in [0.29, 0.717) is 16.6 Å². The molecule has 0 bridgehead atoms. The van der Waals surface area contributed by atoms with Crippen molar-refractivity contribution >= 4 is 17.2 Å². The summed E-state index contributed by atoms with van der Waals surface area (Å²) in [6.45, 7) is 1.56. The molecule has 2 heterocycles. The number of amides is 1. The third-order valence-corrected chi connectivity index (χ3v) is 4.67. The molecule has 3 rings (SSSR count). The second-order valence-electron chi connectivity index (χ2n) is 5.16. The molecule has 0 unspecified atom stereocenters. The number of aromatic nitrogens is 1. The van der Waals surface area contributed by atoms with Gasteiger partial charge >= 0.3 is 0 Å². The SMILES string of the molecule is C#Cc1nc(C(=O)N2CCC(c3ccccc3)CC2)cs1. The molecule has 1 aliphatic heterocycles. The fraction of sp³-hybridized carbons (Fsp3) is 0.294. The van der Waals surface area contributed by atoms with Gasteiger partial charge in [-0.2, -0.15) is 0 Å². The smallest absolute Gasteiger partial charge is 0.273 e. The number of carbonyl (C=O) groups excluding carboxylic acids is 1. The van der Waals surface area contributed by atoms with Crippen LogP contribution < -0.4 is 0 Å². The molecule has 21 heavy (non-hydrogen) atoms. The average molecular weight is 296 g/mol. The van der Waals surface area contributed by atoms with E-state index in [2.05, 4.69) is 35.2 Å². The van der Waals surface area contributed by atoms with Gasteiger partial charge in [0.15, 0.2) is 5.01 Å². The Morgan fingerprint density at radius 1 is 1.29 bits per heavy atom. The summed E-state index contributed by atoms with van der Waals surface area (Å²) in [7, 11) is 0. The van der Waals surface area contributed by atoms with Crippen molar-refractivity contribution < 1.29 is 4.79 Å². The van der Waals surface area contributed by atoms with Crippen molar-refractivity contribution in [1.29, 1.82) is 0 Å². The number of rotatable bonds is 2. The van der Waals surface area contributed by atoms with E-state index < -0.39 is 0 Å². The predicted molar refractivity (Wildman–Crippen MR) is 84.4 cm³/mol. The maximum absolute atomic E-state index is 12.4.